The number of hydrogen-bond donors (Lipinski definition) is 1. The minimum Gasteiger partial charge on any atom is -0.383 e. The summed E-state index contributed by atoms with van der Waals surface area (Å²) in [7, 11) is 3.48. The fourth-order valence-corrected chi connectivity index (χ4v) is 2.33. The van der Waals surface area contributed by atoms with Crippen molar-refractivity contribution in [3.05, 3.63) is 15.5 Å². The second kappa shape index (κ2) is 7.60. The van der Waals surface area contributed by atoms with E-state index >= 15 is 0 Å². The van der Waals surface area contributed by atoms with Crippen LogP contribution in [0.25, 0.3) is 0 Å². The van der Waals surface area contributed by atoms with Gasteiger partial charge >= 0.3 is 0 Å². The quantitative estimate of drug-likeness (QED) is 0.755. The summed E-state index contributed by atoms with van der Waals surface area (Å²) in [6.07, 6.45) is 1.73. The van der Waals surface area contributed by atoms with Gasteiger partial charge in [0.1, 0.15) is 0 Å². The highest BCUT2D eigenvalue weighted by atomic mass is 35.5. The van der Waals surface area contributed by atoms with E-state index in [1.807, 2.05) is 11.9 Å². The Hall–Kier alpha value is -0.690. The molecule has 5 nitrogen and oxygen atoms in total. The molecule has 0 saturated heterocycles. The third-order valence-electron chi connectivity index (χ3n) is 1.99. The van der Waals surface area contributed by atoms with E-state index in [1.54, 1.807) is 13.3 Å². The largest absolute Gasteiger partial charge is 0.383 e. The number of hydrogen-bond acceptors (Lipinski definition) is 5. The van der Waals surface area contributed by atoms with Gasteiger partial charge < -0.3 is 10.1 Å². The fourth-order valence-electron chi connectivity index (χ4n) is 1.27. The first-order valence-electron chi connectivity index (χ1n) is 5.16. The topological polar surface area (TPSA) is 54.5 Å². The van der Waals surface area contributed by atoms with E-state index in [2.05, 4.69) is 10.3 Å². The monoisotopic (exact) mass is 277 g/mol. The number of halogens is 1. The molecule has 1 rings (SSSR count). The average molecular weight is 278 g/mol. The Morgan fingerprint density at radius 3 is 3.06 bits per heavy atom. The molecule has 0 radical (unpaired) electrons. The maximum absolute atomic E-state index is 11.5. The van der Waals surface area contributed by atoms with Crippen LogP contribution in [0.5, 0.6) is 0 Å². The first-order chi connectivity index (χ1) is 8.11. The van der Waals surface area contributed by atoms with Crippen LogP contribution in [0, 0.1) is 0 Å². The molecular weight excluding hydrogens is 262 g/mol. The fraction of sp³-hybridized carbons (Fsp3) is 0.600. The van der Waals surface area contributed by atoms with Gasteiger partial charge in [0.05, 0.1) is 13.2 Å². The van der Waals surface area contributed by atoms with Gasteiger partial charge in [-0.05, 0) is 7.05 Å². The Morgan fingerprint density at radius 1 is 1.71 bits per heavy atom. The summed E-state index contributed by atoms with van der Waals surface area (Å²) in [5, 5.41) is 2.76. The van der Waals surface area contributed by atoms with E-state index in [-0.39, 0.29) is 5.91 Å². The lowest BCUT2D eigenvalue weighted by Crippen LogP contribution is -2.36. The first-order valence-corrected chi connectivity index (χ1v) is 6.35. The number of carbonyl (C=O) groups is 1. The van der Waals surface area contributed by atoms with Gasteiger partial charge in [-0.2, -0.15) is 0 Å². The number of ether oxygens (including phenoxy) is 1. The van der Waals surface area contributed by atoms with Crippen LogP contribution in [0.1, 0.15) is 4.88 Å². The van der Waals surface area contributed by atoms with Crippen LogP contribution < -0.4 is 5.32 Å². The van der Waals surface area contributed by atoms with Gasteiger partial charge in [-0.25, -0.2) is 4.98 Å². The Morgan fingerprint density at radius 2 is 2.47 bits per heavy atom. The highest BCUT2D eigenvalue weighted by Gasteiger charge is 2.08. The van der Waals surface area contributed by atoms with Crippen molar-refractivity contribution in [1.82, 2.24) is 15.2 Å². The van der Waals surface area contributed by atoms with Crippen molar-refractivity contribution in [3.8, 4) is 0 Å². The number of aromatic nitrogens is 1. The summed E-state index contributed by atoms with van der Waals surface area (Å²) >= 11 is 7.16. The van der Waals surface area contributed by atoms with Crippen molar-refractivity contribution in [2.75, 3.05) is 33.9 Å². The number of thiazole rings is 1. The van der Waals surface area contributed by atoms with Gasteiger partial charge in [0.25, 0.3) is 0 Å². The number of nitrogens with one attached hydrogen (secondary N) is 1. The van der Waals surface area contributed by atoms with E-state index in [0.717, 1.165) is 4.88 Å². The molecule has 1 N–H and O–H groups in total. The summed E-state index contributed by atoms with van der Waals surface area (Å²) in [5.74, 6) is -0.0137. The van der Waals surface area contributed by atoms with Crippen LogP contribution in [0.3, 0.4) is 0 Å². The minimum atomic E-state index is -0.0137. The van der Waals surface area contributed by atoms with Crippen LogP contribution in [-0.4, -0.2) is 49.6 Å². The SMILES string of the molecule is COCCNC(=O)CN(C)Cc1cnc(Cl)s1. The second-order valence-corrected chi connectivity index (χ2v) is 5.29. The molecule has 0 aliphatic rings. The summed E-state index contributed by atoms with van der Waals surface area (Å²) in [5.41, 5.74) is 0. The number of likely N-dealkylation sites (N-methyl/N-ethyl adjacent to an activating group) is 1. The zero-order valence-corrected chi connectivity index (χ0v) is 11.5. The lowest BCUT2D eigenvalue weighted by molar-refractivity contribution is -0.122. The average Bonchev–Trinajstić information content (AvgIpc) is 2.64. The van der Waals surface area contributed by atoms with Crippen molar-refractivity contribution in [1.29, 1.82) is 0 Å². The molecule has 17 heavy (non-hydrogen) atoms. The standard InChI is InChI=1S/C10H16ClN3O2S/c1-14(6-8-5-13-10(11)17-8)7-9(15)12-3-4-16-2/h5H,3-4,6-7H2,1-2H3,(H,12,15). The van der Waals surface area contributed by atoms with Gasteiger partial charge in [0.2, 0.25) is 5.91 Å². The van der Waals surface area contributed by atoms with Gasteiger partial charge in [-0.3, -0.25) is 9.69 Å². The van der Waals surface area contributed by atoms with Crippen LogP contribution in [0.2, 0.25) is 4.47 Å². The molecule has 1 amide bonds. The molecule has 0 unspecified atom stereocenters. The number of nitrogens with zero attached hydrogens (tertiary/aromatic N) is 2. The van der Waals surface area contributed by atoms with Crippen molar-refractivity contribution in [2.45, 2.75) is 6.54 Å². The second-order valence-electron chi connectivity index (χ2n) is 3.59. The summed E-state index contributed by atoms with van der Waals surface area (Å²) in [6.45, 7) is 2.08. The highest BCUT2D eigenvalue weighted by molar-refractivity contribution is 7.15. The lowest BCUT2D eigenvalue weighted by atomic mass is 10.4. The number of amides is 1. The summed E-state index contributed by atoms with van der Waals surface area (Å²) in [6, 6.07) is 0. The zero-order chi connectivity index (χ0) is 12.7. The van der Waals surface area contributed by atoms with Gasteiger partial charge in [-0.1, -0.05) is 11.6 Å². The van der Waals surface area contributed by atoms with E-state index in [1.165, 1.54) is 11.3 Å². The minimum absolute atomic E-state index is 0.0137. The van der Waals surface area contributed by atoms with Crippen molar-refractivity contribution < 1.29 is 9.53 Å². The Balaban J connectivity index is 2.24. The number of rotatable bonds is 7. The molecule has 0 aliphatic carbocycles. The van der Waals surface area contributed by atoms with Crippen LogP contribution in [-0.2, 0) is 16.1 Å². The zero-order valence-electron chi connectivity index (χ0n) is 9.90. The molecule has 0 saturated carbocycles. The molecule has 0 atom stereocenters. The third-order valence-corrected chi connectivity index (χ3v) is 3.09. The van der Waals surface area contributed by atoms with Crippen molar-refractivity contribution in [2.24, 2.45) is 0 Å². The molecule has 1 aromatic rings. The van der Waals surface area contributed by atoms with E-state index < -0.39 is 0 Å². The van der Waals surface area contributed by atoms with Gasteiger partial charge in [0.15, 0.2) is 4.47 Å². The molecule has 0 fully saturated rings. The Bertz CT molecular complexity index is 359. The van der Waals surface area contributed by atoms with Gasteiger partial charge in [0, 0.05) is 31.3 Å². The van der Waals surface area contributed by atoms with Crippen LogP contribution >= 0.6 is 22.9 Å². The summed E-state index contributed by atoms with van der Waals surface area (Å²) < 4.78 is 5.37. The van der Waals surface area contributed by atoms with E-state index in [4.69, 9.17) is 16.3 Å². The molecule has 96 valence electrons. The van der Waals surface area contributed by atoms with E-state index in [0.29, 0.717) is 30.7 Å². The van der Waals surface area contributed by atoms with Crippen LogP contribution in [0.4, 0.5) is 0 Å². The van der Waals surface area contributed by atoms with Crippen molar-refractivity contribution >= 4 is 28.8 Å². The normalized spacial score (nSPS) is 10.8. The molecule has 7 heteroatoms. The predicted octanol–water partition coefficient (Wildman–Crippen LogP) is 0.991. The molecule has 0 bridgehead atoms. The number of methoxy groups -OCH3 is 1. The predicted molar refractivity (Wildman–Crippen MR) is 68.3 cm³/mol. The molecular formula is C10H16ClN3O2S. The molecule has 1 heterocycles. The maximum atomic E-state index is 11.5. The maximum Gasteiger partial charge on any atom is 0.234 e. The first kappa shape index (κ1) is 14.4. The number of carbonyl (C=O) groups excluding carboxylic acids is 1. The Labute approximate surface area is 110 Å². The smallest absolute Gasteiger partial charge is 0.234 e. The third kappa shape index (κ3) is 5.97. The molecule has 0 spiro atoms. The van der Waals surface area contributed by atoms with Crippen LogP contribution in [0.15, 0.2) is 6.20 Å². The summed E-state index contributed by atoms with van der Waals surface area (Å²) in [4.78, 5) is 18.4. The lowest BCUT2D eigenvalue weighted by Gasteiger charge is -2.14. The molecule has 0 aromatic carbocycles. The highest BCUT2D eigenvalue weighted by Crippen LogP contribution is 2.18. The Kier molecular flexibility index (Phi) is 6.43. The molecule has 1 aromatic heterocycles. The van der Waals surface area contributed by atoms with Gasteiger partial charge in [-0.15, -0.1) is 11.3 Å². The van der Waals surface area contributed by atoms with E-state index in [9.17, 15) is 4.79 Å². The van der Waals surface area contributed by atoms with Crippen molar-refractivity contribution in [3.63, 3.8) is 0 Å². The molecule has 0 aliphatic heterocycles.